The van der Waals surface area contributed by atoms with Crippen molar-refractivity contribution in [3.63, 3.8) is 0 Å². The van der Waals surface area contributed by atoms with Gasteiger partial charge in [-0.05, 0) is 165 Å². The highest BCUT2D eigenvalue weighted by Gasteiger charge is 2.54. The number of nitrogens with zero attached hydrogens (tertiary/aromatic N) is 1. The van der Waals surface area contributed by atoms with Gasteiger partial charge in [0.25, 0.3) is 0 Å². The van der Waals surface area contributed by atoms with E-state index in [9.17, 15) is 0 Å². The smallest absolute Gasteiger partial charge is 0.140 e. The monoisotopic (exact) mass is 1150 g/mol. The summed E-state index contributed by atoms with van der Waals surface area (Å²) in [7, 11) is 0. The van der Waals surface area contributed by atoms with Crippen molar-refractivity contribution in [1.82, 2.24) is 0 Å². The molecule has 0 unspecified atom stereocenters. The highest BCUT2D eigenvalue weighted by molar-refractivity contribution is 6.02. The first kappa shape index (κ1) is 50.4. The summed E-state index contributed by atoms with van der Waals surface area (Å²) >= 11 is 0. The first-order chi connectivity index (χ1) is 45.1. The molecule has 0 atom stereocenters. The van der Waals surface area contributed by atoms with E-state index in [1.165, 1.54) is 100 Å². The van der Waals surface area contributed by atoms with Crippen LogP contribution in [0, 0.1) is 0 Å². The fraction of sp³-hybridized carbons (Fsp3) is 0.0337. The lowest BCUT2D eigenvalue weighted by atomic mass is 9.65. The summed E-state index contributed by atoms with van der Waals surface area (Å²) in [6.45, 7) is 0. The van der Waals surface area contributed by atoms with E-state index in [-0.39, 0.29) is 0 Å². The van der Waals surface area contributed by atoms with Crippen LogP contribution in [0.25, 0.3) is 77.2 Å². The molecule has 0 saturated heterocycles. The molecular weight excluding hydrogens is 1100 g/mol. The molecule has 0 radical (unpaired) electrons. The Morgan fingerprint density at radius 2 is 0.571 bits per heavy atom. The topological polar surface area (TPSA) is 12.5 Å². The van der Waals surface area contributed by atoms with Gasteiger partial charge in [0.1, 0.15) is 11.5 Å². The Hall–Kier alpha value is -11.6. The summed E-state index contributed by atoms with van der Waals surface area (Å²) in [6, 6.07) is 126. The minimum absolute atomic E-state index is 0.464. The maximum atomic E-state index is 7.37. The van der Waals surface area contributed by atoms with Crippen LogP contribution in [-0.4, -0.2) is 0 Å². The summed E-state index contributed by atoms with van der Waals surface area (Å²) in [5.74, 6) is 1.83. The van der Waals surface area contributed by atoms with Crippen molar-refractivity contribution in [1.29, 1.82) is 0 Å². The van der Waals surface area contributed by atoms with E-state index < -0.39 is 16.2 Å². The second-order valence-electron chi connectivity index (χ2n) is 25.2. The molecule has 0 amide bonds. The number of hydrogen-bond acceptors (Lipinski definition) is 2. The standard InChI is InChI=1S/C89H55NO/c1-3-25-60(26-4-1)87(61-27-5-2-6-28-61)75-37-16-14-35-70(75)73-54-63(45-50-80(73)87)90(64-46-51-81-74(55-64)71-36-15-20-41-79(71)88(81)76-38-17-11-32-67(76)68-33-12-18-39-77(68)88)62-29-21-24-58(52-62)59-42-47-72-69-34-13-19-40-78(69)89(84(72)53-59)82-48-43-56-22-7-9-30-65(56)85(82)91-86-66-31-10-8-23-57(66)44-49-83(86)89/h1-55H. The van der Waals surface area contributed by atoms with Gasteiger partial charge in [-0.2, -0.15) is 0 Å². The van der Waals surface area contributed by atoms with Crippen molar-refractivity contribution in [3.8, 4) is 67.1 Å². The number of anilines is 3. The van der Waals surface area contributed by atoms with Crippen molar-refractivity contribution < 1.29 is 4.74 Å². The zero-order valence-corrected chi connectivity index (χ0v) is 49.6. The SMILES string of the molecule is c1ccc(C2(c3ccccc3)c3ccccc3-c3cc(N(c4cccc(-c5ccc6c(c5)C5(c7ccccc7-6)c6ccc7ccccc7c6Oc6c5ccc5ccccc65)c4)c4ccc5c(c4)-c4ccccc4C54c5ccccc5-c5ccccc54)ccc32)cc1. The minimum atomic E-state index is -0.684. The quantitative estimate of drug-likeness (QED) is 0.165. The Labute approximate surface area is 528 Å². The molecule has 0 fully saturated rings. The van der Waals surface area contributed by atoms with Crippen LogP contribution in [0.1, 0.15) is 66.8 Å². The molecule has 20 rings (SSSR count). The average molecular weight is 1150 g/mol. The largest absolute Gasteiger partial charge is 0.455 e. The molecule has 1 heterocycles. The van der Waals surface area contributed by atoms with E-state index in [1.54, 1.807) is 0 Å². The highest BCUT2D eigenvalue weighted by Crippen LogP contribution is 2.66. The van der Waals surface area contributed by atoms with Crippen molar-refractivity contribution >= 4 is 38.6 Å². The van der Waals surface area contributed by atoms with Gasteiger partial charge in [-0.3, -0.25) is 0 Å². The Morgan fingerprint density at radius 1 is 0.209 bits per heavy atom. The average Bonchev–Trinajstić information content (AvgIpc) is 1.68. The zero-order chi connectivity index (χ0) is 59.6. The van der Waals surface area contributed by atoms with Gasteiger partial charge in [-0.15, -0.1) is 0 Å². The van der Waals surface area contributed by atoms with E-state index in [0.717, 1.165) is 72.4 Å². The lowest BCUT2D eigenvalue weighted by molar-refractivity contribution is 0.447. The lowest BCUT2D eigenvalue weighted by Gasteiger charge is -2.40. The molecule has 2 nitrogen and oxygen atoms in total. The first-order valence-corrected chi connectivity index (χ1v) is 31.8. The normalized spacial score (nSPS) is 14.5. The van der Waals surface area contributed by atoms with E-state index in [0.29, 0.717) is 0 Å². The molecule has 4 aliphatic carbocycles. The fourth-order valence-corrected chi connectivity index (χ4v) is 17.7. The summed E-state index contributed by atoms with van der Waals surface area (Å²) in [5, 5.41) is 4.53. The molecule has 15 aromatic carbocycles. The molecule has 0 aromatic heterocycles. The molecule has 422 valence electrons. The molecule has 2 heteroatoms. The molecule has 15 aromatic rings. The van der Waals surface area contributed by atoms with Crippen molar-refractivity contribution in [3.05, 3.63) is 400 Å². The van der Waals surface area contributed by atoms with Crippen LogP contribution in [0.4, 0.5) is 17.1 Å². The molecule has 0 N–H and O–H groups in total. The molecule has 91 heavy (non-hydrogen) atoms. The second kappa shape index (κ2) is 18.7. The number of benzene rings is 15. The van der Waals surface area contributed by atoms with Gasteiger partial charge in [0.15, 0.2) is 0 Å². The number of ether oxygens (including phenoxy) is 1. The molecule has 5 aliphatic rings. The minimum Gasteiger partial charge on any atom is -0.455 e. The molecule has 2 spiro atoms. The van der Waals surface area contributed by atoms with Crippen molar-refractivity contribution in [2.75, 3.05) is 4.90 Å². The highest BCUT2D eigenvalue weighted by atomic mass is 16.5. The van der Waals surface area contributed by atoms with Gasteiger partial charge >= 0.3 is 0 Å². The van der Waals surface area contributed by atoms with Gasteiger partial charge < -0.3 is 9.64 Å². The maximum absolute atomic E-state index is 7.37. The van der Waals surface area contributed by atoms with Gasteiger partial charge in [0.2, 0.25) is 0 Å². The van der Waals surface area contributed by atoms with E-state index in [1.807, 2.05) is 0 Å². The third-order valence-corrected chi connectivity index (χ3v) is 21.2. The molecular formula is C89H55NO. The molecule has 1 aliphatic heterocycles. The molecule has 0 saturated carbocycles. The van der Waals surface area contributed by atoms with Crippen molar-refractivity contribution in [2.45, 2.75) is 16.2 Å². The lowest BCUT2D eigenvalue weighted by Crippen LogP contribution is -2.32. The Kier molecular flexibility index (Phi) is 10.4. The maximum Gasteiger partial charge on any atom is 0.140 e. The Bertz CT molecular complexity index is 5330. The van der Waals surface area contributed by atoms with Crippen LogP contribution in [-0.2, 0) is 16.2 Å². The van der Waals surface area contributed by atoms with Gasteiger partial charge in [0.05, 0.1) is 16.2 Å². The summed E-state index contributed by atoms with van der Waals surface area (Å²) in [5.41, 5.74) is 29.1. The third-order valence-electron chi connectivity index (χ3n) is 21.2. The predicted molar refractivity (Wildman–Crippen MR) is 373 cm³/mol. The Morgan fingerprint density at radius 3 is 1.08 bits per heavy atom. The molecule has 0 bridgehead atoms. The summed E-state index contributed by atoms with van der Waals surface area (Å²) < 4.78 is 7.37. The van der Waals surface area contributed by atoms with E-state index >= 15 is 0 Å². The Balaban J connectivity index is 0.817. The number of fused-ring (bicyclic) bond motifs is 26. The van der Waals surface area contributed by atoms with Crippen LogP contribution in [0.5, 0.6) is 11.5 Å². The number of rotatable bonds is 6. The summed E-state index contributed by atoms with van der Waals surface area (Å²) in [6.07, 6.45) is 0. The van der Waals surface area contributed by atoms with Crippen LogP contribution in [0.3, 0.4) is 0 Å². The first-order valence-electron chi connectivity index (χ1n) is 31.8. The van der Waals surface area contributed by atoms with Crippen LogP contribution < -0.4 is 9.64 Å². The van der Waals surface area contributed by atoms with Crippen LogP contribution in [0.2, 0.25) is 0 Å². The van der Waals surface area contributed by atoms with E-state index in [2.05, 4.69) is 339 Å². The van der Waals surface area contributed by atoms with Gasteiger partial charge in [-0.25, -0.2) is 0 Å². The van der Waals surface area contributed by atoms with Crippen LogP contribution in [0.15, 0.2) is 334 Å². The van der Waals surface area contributed by atoms with Crippen LogP contribution >= 0.6 is 0 Å². The summed E-state index contributed by atoms with van der Waals surface area (Å²) in [4.78, 5) is 2.52. The zero-order valence-electron chi connectivity index (χ0n) is 49.6. The third kappa shape index (κ3) is 6.55. The van der Waals surface area contributed by atoms with Gasteiger partial charge in [0, 0.05) is 39.0 Å². The fourth-order valence-electron chi connectivity index (χ4n) is 17.7. The van der Waals surface area contributed by atoms with E-state index in [4.69, 9.17) is 4.74 Å². The second-order valence-corrected chi connectivity index (χ2v) is 25.2. The van der Waals surface area contributed by atoms with Gasteiger partial charge in [-0.1, -0.05) is 291 Å². The van der Waals surface area contributed by atoms with Crippen molar-refractivity contribution in [2.24, 2.45) is 0 Å². The predicted octanol–water partition coefficient (Wildman–Crippen LogP) is 22.3. The number of hydrogen-bond donors (Lipinski definition) is 0.